The van der Waals surface area contributed by atoms with Crippen molar-refractivity contribution in [3.63, 3.8) is 0 Å². The predicted octanol–water partition coefficient (Wildman–Crippen LogP) is 4.90. The van der Waals surface area contributed by atoms with Crippen LogP contribution in [0.3, 0.4) is 0 Å². The van der Waals surface area contributed by atoms with E-state index in [4.69, 9.17) is 4.74 Å². The van der Waals surface area contributed by atoms with Gasteiger partial charge >= 0.3 is 12.0 Å². The van der Waals surface area contributed by atoms with Gasteiger partial charge in [0, 0.05) is 18.8 Å². The Morgan fingerprint density at radius 2 is 1.67 bits per heavy atom. The number of rotatable bonds is 9. The third kappa shape index (κ3) is 4.71. The maximum absolute atomic E-state index is 13.3. The molecule has 148 valence electrons. The van der Waals surface area contributed by atoms with Gasteiger partial charge < -0.3 is 9.64 Å². The highest BCUT2D eigenvalue weighted by Crippen LogP contribution is 2.38. The predicted molar refractivity (Wildman–Crippen MR) is 107 cm³/mol. The number of ether oxygens (including phenoxy) is 1. The molecule has 0 N–H and O–H groups in total. The maximum atomic E-state index is 13.3. The van der Waals surface area contributed by atoms with E-state index < -0.39 is 6.04 Å². The first-order valence-corrected chi connectivity index (χ1v) is 10.1. The lowest BCUT2D eigenvalue weighted by molar-refractivity contribution is -0.139. The molecule has 0 fully saturated rings. The normalized spacial score (nSPS) is 17.5. The molecule has 1 aliphatic rings. The summed E-state index contributed by atoms with van der Waals surface area (Å²) in [6.07, 6.45) is 3.77. The molecule has 2 amide bonds. The summed E-state index contributed by atoms with van der Waals surface area (Å²) in [7, 11) is 0. The van der Waals surface area contributed by atoms with Crippen molar-refractivity contribution < 1.29 is 14.3 Å². The zero-order valence-corrected chi connectivity index (χ0v) is 17.0. The molecule has 0 aromatic heterocycles. The van der Waals surface area contributed by atoms with Crippen molar-refractivity contribution in [1.82, 2.24) is 9.80 Å². The SMILES string of the molecule is CCCCN1C(=O)N(CCCC)C(c2ccccc2)C(C(=O)OCC)=C1C. The summed E-state index contributed by atoms with van der Waals surface area (Å²) in [6.45, 7) is 9.43. The van der Waals surface area contributed by atoms with Crippen LogP contribution >= 0.6 is 0 Å². The zero-order chi connectivity index (χ0) is 19.8. The maximum Gasteiger partial charge on any atom is 0.338 e. The van der Waals surface area contributed by atoms with E-state index in [1.807, 2.05) is 49.1 Å². The van der Waals surface area contributed by atoms with Crippen LogP contribution in [-0.2, 0) is 9.53 Å². The minimum Gasteiger partial charge on any atom is -0.463 e. The average molecular weight is 373 g/mol. The van der Waals surface area contributed by atoms with E-state index in [2.05, 4.69) is 13.8 Å². The Kier molecular flexibility index (Phi) is 7.89. The second kappa shape index (κ2) is 10.1. The van der Waals surface area contributed by atoms with E-state index in [1.54, 1.807) is 4.90 Å². The molecule has 0 aliphatic carbocycles. The number of unbranched alkanes of at least 4 members (excludes halogenated alkanes) is 2. The second-order valence-electron chi connectivity index (χ2n) is 6.87. The topological polar surface area (TPSA) is 49.9 Å². The fourth-order valence-corrected chi connectivity index (χ4v) is 3.49. The fourth-order valence-electron chi connectivity index (χ4n) is 3.49. The van der Waals surface area contributed by atoms with Crippen molar-refractivity contribution >= 4 is 12.0 Å². The van der Waals surface area contributed by atoms with Crippen LogP contribution in [0.1, 0.15) is 65.0 Å². The van der Waals surface area contributed by atoms with Gasteiger partial charge in [-0.3, -0.25) is 4.90 Å². The summed E-state index contributed by atoms with van der Waals surface area (Å²) < 4.78 is 5.38. The molecule has 5 nitrogen and oxygen atoms in total. The molecule has 1 atom stereocenters. The number of hydrogen-bond donors (Lipinski definition) is 0. The molecular formula is C22H32N2O3. The van der Waals surface area contributed by atoms with Crippen LogP contribution < -0.4 is 0 Å². The molecule has 1 unspecified atom stereocenters. The van der Waals surface area contributed by atoms with Crippen LogP contribution in [0, 0.1) is 0 Å². The van der Waals surface area contributed by atoms with Crippen LogP contribution in [-0.4, -0.2) is 41.5 Å². The van der Waals surface area contributed by atoms with Gasteiger partial charge in [0.25, 0.3) is 0 Å². The summed E-state index contributed by atoms with van der Waals surface area (Å²) in [6, 6.07) is 9.37. The monoisotopic (exact) mass is 372 g/mol. The number of nitrogens with zero attached hydrogens (tertiary/aromatic N) is 2. The van der Waals surface area contributed by atoms with Gasteiger partial charge in [-0.2, -0.15) is 0 Å². The second-order valence-corrected chi connectivity index (χ2v) is 6.87. The van der Waals surface area contributed by atoms with Gasteiger partial charge in [0.1, 0.15) is 0 Å². The highest BCUT2D eigenvalue weighted by molar-refractivity contribution is 5.95. The van der Waals surface area contributed by atoms with E-state index in [-0.39, 0.29) is 12.0 Å². The Hall–Kier alpha value is -2.30. The summed E-state index contributed by atoms with van der Waals surface area (Å²) >= 11 is 0. The lowest BCUT2D eigenvalue weighted by Crippen LogP contribution is -2.51. The Morgan fingerprint density at radius 3 is 2.26 bits per heavy atom. The molecular weight excluding hydrogens is 340 g/mol. The van der Waals surface area contributed by atoms with Crippen LogP contribution in [0.15, 0.2) is 41.6 Å². The summed E-state index contributed by atoms with van der Waals surface area (Å²) in [5.74, 6) is -0.334. The molecule has 0 saturated heterocycles. The van der Waals surface area contributed by atoms with Crippen LogP contribution in [0.5, 0.6) is 0 Å². The van der Waals surface area contributed by atoms with E-state index in [0.717, 1.165) is 31.2 Å². The number of hydrogen-bond acceptors (Lipinski definition) is 3. The van der Waals surface area contributed by atoms with E-state index in [9.17, 15) is 9.59 Å². The van der Waals surface area contributed by atoms with Gasteiger partial charge in [-0.05, 0) is 32.3 Å². The lowest BCUT2D eigenvalue weighted by atomic mass is 9.92. The minimum absolute atomic E-state index is 0.0173. The highest BCUT2D eigenvalue weighted by Gasteiger charge is 2.41. The van der Waals surface area contributed by atoms with Gasteiger partial charge in [0.15, 0.2) is 0 Å². The number of benzene rings is 1. The van der Waals surface area contributed by atoms with Crippen molar-refractivity contribution in [3.05, 3.63) is 47.2 Å². The van der Waals surface area contributed by atoms with Gasteiger partial charge in [0.2, 0.25) is 0 Å². The molecule has 1 aliphatic heterocycles. The van der Waals surface area contributed by atoms with Crippen molar-refractivity contribution in [1.29, 1.82) is 0 Å². The molecule has 5 heteroatoms. The molecule has 0 bridgehead atoms. The summed E-state index contributed by atoms with van der Waals surface area (Å²) in [5, 5.41) is 0. The smallest absolute Gasteiger partial charge is 0.338 e. The first-order valence-electron chi connectivity index (χ1n) is 10.1. The third-order valence-electron chi connectivity index (χ3n) is 4.95. The molecule has 1 aromatic carbocycles. The van der Waals surface area contributed by atoms with E-state index in [0.29, 0.717) is 31.0 Å². The fraction of sp³-hybridized carbons (Fsp3) is 0.545. The standard InChI is InChI=1S/C22H32N2O3/c1-5-8-15-23-17(4)19(21(25)27-7-3)20(18-13-11-10-12-14-18)24(22(23)26)16-9-6-2/h10-14,20H,5-9,15-16H2,1-4H3. The molecule has 0 spiro atoms. The average Bonchev–Trinajstić information content (AvgIpc) is 2.67. The number of esters is 1. The Balaban J connectivity index is 2.58. The molecule has 27 heavy (non-hydrogen) atoms. The first-order chi connectivity index (χ1) is 13.1. The largest absolute Gasteiger partial charge is 0.463 e. The minimum atomic E-state index is -0.401. The summed E-state index contributed by atoms with van der Waals surface area (Å²) in [4.78, 5) is 29.8. The van der Waals surface area contributed by atoms with Crippen molar-refractivity contribution in [2.45, 2.75) is 59.4 Å². The molecule has 2 rings (SSSR count). The van der Waals surface area contributed by atoms with Crippen molar-refractivity contribution in [2.24, 2.45) is 0 Å². The molecule has 1 aromatic rings. The summed E-state index contributed by atoms with van der Waals surface area (Å²) in [5.41, 5.74) is 2.24. The zero-order valence-electron chi connectivity index (χ0n) is 17.0. The van der Waals surface area contributed by atoms with Crippen molar-refractivity contribution in [2.75, 3.05) is 19.7 Å². The highest BCUT2D eigenvalue weighted by atomic mass is 16.5. The van der Waals surface area contributed by atoms with Crippen LogP contribution in [0.4, 0.5) is 4.79 Å². The van der Waals surface area contributed by atoms with E-state index >= 15 is 0 Å². The van der Waals surface area contributed by atoms with Gasteiger partial charge in [0.05, 0.1) is 18.2 Å². The Labute approximate surface area is 163 Å². The van der Waals surface area contributed by atoms with E-state index in [1.165, 1.54) is 0 Å². The quantitative estimate of drug-likeness (QED) is 0.579. The number of allylic oxidation sites excluding steroid dienone is 1. The number of carbonyl (C=O) groups excluding carboxylic acids is 2. The Bertz CT molecular complexity index is 669. The molecule has 0 saturated carbocycles. The molecule has 1 heterocycles. The number of urea groups is 1. The lowest BCUT2D eigenvalue weighted by Gasteiger charge is -2.43. The van der Waals surface area contributed by atoms with Crippen LogP contribution in [0.2, 0.25) is 0 Å². The first kappa shape index (κ1) is 21.0. The number of amides is 2. The van der Waals surface area contributed by atoms with Gasteiger partial charge in [-0.25, -0.2) is 9.59 Å². The number of carbonyl (C=O) groups is 2. The van der Waals surface area contributed by atoms with Gasteiger partial charge in [-0.1, -0.05) is 57.0 Å². The van der Waals surface area contributed by atoms with Crippen molar-refractivity contribution in [3.8, 4) is 0 Å². The van der Waals surface area contributed by atoms with Gasteiger partial charge in [-0.15, -0.1) is 0 Å². The Morgan fingerprint density at radius 1 is 1.04 bits per heavy atom. The third-order valence-corrected chi connectivity index (χ3v) is 4.95. The van der Waals surface area contributed by atoms with Crippen LogP contribution in [0.25, 0.3) is 0 Å². The molecule has 0 radical (unpaired) electrons.